The lowest BCUT2D eigenvalue weighted by molar-refractivity contribution is -0.256. The zero-order valence-corrected chi connectivity index (χ0v) is 23.4. The highest BCUT2D eigenvalue weighted by Crippen LogP contribution is 2.42. The summed E-state index contributed by atoms with van der Waals surface area (Å²) < 4.78 is 26.0. The van der Waals surface area contributed by atoms with Crippen LogP contribution < -0.4 is 4.74 Å². The smallest absolute Gasteiger partial charge is 0.192 e. The van der Waals surface area contributed by atoms with Crippen molar-refractivity contribution in [2.45, 2.75) is 78.2 Å². The standard InChI is InChI=1S/C24H41IO4Si/c1-16(14-25)22(29-30(8,9)24(4,5)6)18(3)21-17(2)15-27-23(28-21)19-10-12-20(26-7)13-11-19/h10-13,16-18,21-23H,14-15H2,1-9H3/t16-,17-,18+,21-,22+,23?/m0/s1. The lowest BCUT2D eigenvalue weighted by Crippen LogP contribution is -2.51. The van der Waals surface area contributed by atoms with Crippen molar-refractivity contribution in [2.75, 3.05) is 18.1 Å². The second kappa shape index (κ2) is 10.6. The van der Waals surface area contributed by atoms with E-state index in [0.717, 1.165) is 15.7 Å². The van der Waals surface area contributed by atoms with Gasteiger partial charge in [-0.3, -0.25) is 0 Å². The second-order valence-corrected chi connectivity index (χ2v) is 16.0. The maximum Gasteiger partial charge on any atom is 0.192 e. The molecule has 4 nitrogen and oxygen atoms in total. The number of rotatable bonds is 8. The average molecular weight is 549 g/mol. The van der Waals surface area contributed by atoms with Gasteiger partial charge in [0.05, 0.1) is 25.9 Å². The molecule has 0 saturated carbocycles. The summed E-state index contributed by atoms with van der Waals surface area (Å²) in [6.45, 7) is 19.2. The first-order chi connectivity index (χ1) is 13.9. The third-order valence-electron chi connectivity index (χ3n) is 6.82. The Bertz CT molecular complexity index is 658. The summed E-state index contributed by atoms with van der Waals surface area (Å²) in [5, 5.41) is 0.184. The molecule has 1 unspecified atom stereocenters. The van der Waals surface area contributed by atoms with E-state index in [1.807, 2.05) is 24.3 Å². The third kappa shape index (κ3) is 6.21. The van der Waals surface area contributed by atoms with Crippen molar-refractivity contribution >= 4 is 30.9 Å². The fraction of sp³-hybridized carbons (Fsp3) is 0.750. The molecule has 1 aromatic rings. The van der Waals surface area contributed by atoms with Crippen molar-refractivity contribution in [3.8, 4) is 5.75 Å². The third-order valence-corrected chi connectivity index (χ3v) is 12.7. The van der Waals surface area contributed by atoms with Crippen LogP contribution in [0.3, 0.4) is 0 Å². The van der Waals surface area contributed by atoms with E-state index in [-0.39, 0.29) is 29.5 Å². The molecule has 1 aliphatic rings. The highest BCUT2D eigenvalue weighted by Gasteiger charge is 2.44. The number of benzene rings is 1. The van der Waals surface area contributed by atoms with Crippen LogP contribution in [-0.2, 0) is 13.9 Å². The molecule has 0 spiro atoms. The van der Waals surface area contributed by atoms with Crippen molar-refractivity contribution in [2.24, 2.45) is 17.8 Å². The molecule has 0 amide bonds. The predicted octanol–water partition coefficient (Wildman–Crippen LogP) is 6.84. The van der Waals surface area contributed by atoms with E-state index in [2.05, 4.69) is 77.2 Å². The van der Waals surface area contributed by atoms with Gasteiger partial charge in [-0.05, 0) is 36.2 Å². The number of halogens is 1. The van der Waals surface area contributed by atoms with Crippen molar-refractivity contribution in [1.82, 2.24) is 0 Å². The summed E-state index contributed by atoms with van der Waals surface area (Å²) in [7, 11) is -0.212. The Hall–Kier alpha value is -0.153. The van der Waals surface area contributed by atoms with E-state index in [9.17, 15) is 0 Å². The fourth-order valence-electron chi connectivity index (χ4n) is 3.76. The SMILES string of the molecule is COc1ccc(C2OC[C@H](C)[C@@H]([C@@H](C)[C@H](O[Si](C)(C)C(C)(C)C)[C@@H](C)CI)O2)cc1. The molecular weight excluding hydrogens is 507 g/mol. The Balaban J connectivity index is 2.22. The Morgan fingerprint density at radius 2 is 1.77 bits per heavy atom. The second-order valence-electron chi connectivity index (χ2n) is 10.3. The van der Waals surface area contributed by atoms with Gasteiger partial charge in [0.1, 0.15) is 5.75 Å². The molecule has 30 heavy (non-hydrogen) atoms. The van der Waals surface area contributed by atoms with Crippen LogP contribution in [0.1, 0.15) is 53.4 Å². The lowest BCUT2D eigenvalue weighted by Gasteiger charge is -2.46. The minimum atomic E-state index is -1.89. The lowest BCUT2D eigenvalue weighted by atomic mass is 9.84. The van der Waals surface area contributed by atoms with Gasteiger partial charge < -0.3 is 18.6 Å². The maximum absolute atomic E-state index is 6.99. The Kier molecular flexibility index (Phi) is 9.26. The van der Waals surface area contributed by atoms with E-state index in [0.29, 0.717) is 18.4 Å². The summed E-state index contributed by atoms with van der Waals surface area (Å²) in [6, 6.07) is 7.97. The molecule has 0 radical (unpaired) electrons. The maximum atomic E-state index is 6.99. The summed E-state index contributed by atoms with van der Waals surface area (Å²) in [5.41, 5.74) is 1.03. The van der Waals surface area contributed by atoms with Gasteiger partial charge >= 0.3 is 0 Å². The van der Waals surface area contributed by atoms with Crippen molar-refractivity contribution in [3.05, 3.63) is 29.8 Å². The topological polar surface area (TPSA) is 36.9 Å². The van der Waals surface area contributed by atoms with Crippen LogP contribution in [0.15, 0.2) is 24.3 Å². The van der Waals surface area contributed by atoms with Crippen molar-refractivity contribution < 1.29 is 18.6 Å². The zero-order chi connectivity index (χ0) is 22.7. The average Bonchev–Trinajstić information content (AvgIpc) is 2.70. The van der Waals surface area contributed by atoms with Gasteiger partial charge in [0.2, 0.25) is 0 Å². The molecule has 6 heteroatoms. The van der Waals surface area contributed by atoms with Gasteiger partial charge in [0.25, 0.3) is 0 Å². The normalized spacial score (nSPS) is 26.1. The first-order valence-corrected chi connectivity index (χ1v) is 15.5. The highest BCUT2D eigenvalue weighted by molar-refractivity contribution is 14.1. The highest BCUT2D eigenvalue weighted by atomic mass is 127. The molecule has 1 aliphatic heterocycles. The predicted molar refractivity (Wildman–Crippen MR) is 135 cm³/mol. The quantitative estimate of drug-likeness (QED) is 0.203. The molecule has 0 aromatic heterocycles. The molecule has 1 fully saturated rings. The number of alkyl halides is 1. The largest absolute Gasteiger partial charge is 0.497 e. The van der Waals surface area contributed by atoms with Crippen LogP contribution >= 0.6 is 22.6 Å². The van der Waals surface area contributed by atoms with Gasteiger partial charge in [-0.2, -0.15) is 0 Å². The number of methoxy groups -OCH3 is 1. The van der Waals surface area contributed by atoms with Crippen LogP contribution in [0.25, 0.3) is 0 Å². The number of ether oxygens (including phenoxy) is 3. The minimum absolute atomic E-state index is 0.0889. The van der Waals surface area contributed by atoms with Crippen LogP contribution in [-0.4, -0.2) is 38.7 Å². The number of hydrogen-bond donors (Lipinski definition) is 0. The molecule has 0 bridgehead atoms. The Labute approximate surface area is 198 Å². The minimum Gasteiger partial charge on any atom is -0.497 e. The summed E-state index contributed by atoms with van der Waals surface area (Å²) >= 11 is 2.49. The molecular formula is C24H41IO4Si. The summed E-state index contributed by atoms with van der Waals surface area (Å²) in [4.78, 5) is 0. The van der Waals surface area contributed by atoms with Crippen molar-refractivity contribution in [3.63, 3.8) is 0 Å². The first kappa shape index (κ1) is 26.1. The van der Waals surface area contributed by atoms with Crippen LogP contribution in [0, 0.1) is 17.8 Å². The molecule has 1 aromatic carbocycles. The van der Waals surface area contributed by atoms with Crippen LogP contribution in [0.5, 0.6) is 5.75 Å². The Morgan fingerprint density at radius 1 is 1.17 bits per heavy atom. The fourth-order valence-corrected chi connectivity index (χ4v) is 5.74. The van der Waals surface area contributed by atoms with E-state index >= 15 is 0 Å². The van der Waals surface area contributed by atoms with E-state index < -0.39 is 8.32 Å². The van der Waals surface area contributed by atoms with Crippen LogP contribution in [0.4, 0.5) is 0 Å². The van der Waals surface area contributed by atoms with Gasteiger partial charge in [0, 0.05) is 21.8 Å². The van der Waals surface area contributed by atoms with E-state index in [1.54, 1.807) is 7.11 Å². The van der Waals surface area contributed by atoms with Crippen molar-refractivity contribution in [1.29, 1.82) is 0 Å². The molecule has 6 atom stereocenters. The molecule has 1 saturated heterocycles. The van der Waals surface area contributed by atoms with Gasteiger partial charge in [-0.15, -0.1) is 0 Å². The molecule has 1 heterocycles. The van der Waals surface area contributed by atoms with E-state index in [4.69, 9.17) is 18.6 Å². The zero-order valence-electron chi connectivity index (χ0n) is 20.2. The summed E-state index contributed by atoms with van der Waals surface area (Å²) in [6.07, 6.45) is -0.0844. The van der Waals surface area contributed by atoms with Gasteiger partial charge in [-0.1, -0.05) is 76.3 Å². The Morgan fingerprint density at radius 3 is 2.27 bits per heavy atom. The van der Waals surface area contributed by atoms with E-state index in [1.165, 1.54) is 0 Å². The molecule has 172 valence electrons. The molecule has 0 aliphatic carbocycles. The van der Waals surface area contributed by atoms with Crippen LogP contribution in [0.2, 0.25) is 18.1 Å². The van der Waals surface area contributed by atoms with Gasteiger partial charge in [0.15, 0.2) is 14.6 Å². The molecule has 0 N–H and O–H groups in total. The first-order valence-electron chi connectivity index (χ1n) is 11.1. The van der Waals surface area contributed by atoms with Gasteiger partial charge in [-0.25, -0.2) is 0 Å². The monoisotopic (exact) mass is 548 g/mol. The summed E-state index contributed by atoms with van der Waals surface area (Å²) in [5.74, 6) is 1.91. The molecule has 2 rings (SSSR count). The number of hydrogen-bond acceptors (Lipinski definition) is 4.